The Morgan fingerprint density at radius 1 is 1.22 bits per heavy atom. The fraction of sp³-hybridized carbons (Fsp3) is 0.200. The van der Waals surface area contributed by atoms with Crippen molar-refractivity contribution in [1.82, 2.24) is 10.3 Å². The zero-order chi connectivity index (χ0) is 12.8. The highest BCUT2D eigenvalue weighted by Crippen LogP contribution is 2.13. The minimum absolute atomic E-state index is 0.236. The van der Waals surface area contributed by atoms with Crippen molar-refractivity contribution in [3.63, 3.8) is 0 Å². The first-order valence-corrected chi connectivity index (χ1v) is 5.92. The number of nitriles is 1. The summed E-state index contributed by atoms with van der Waals surface area (Å²) in [6.07, 6.45) is 3.58. The summed E-state index contributed by atoms with van der Waals surface area (Å²) in [5, 5.41) is 12.4. The minimum atomic E-state index is 0.236. The van der Waals surface area contributed by atoms with Crippen LogP contribution in [0.5, 0.6) is 0 Å². The molecule has 0 fully saturated rings. The van der Waals surface area contributed by atoms with Crippen molar-refractivity contribution in [1.29, 1.82) is 5.26 Å². The number of aromatic nitrogens is 1. The fourth-order valence-corrected chi connectivity index (χ4v) is 1.82. The van der Waals surface area contributed by atoms with Crippen LogP contribution in [0.25, 0.3) is 0 Å². The van der Waals surface area contributed by atoms with Gasteiger partial charge in [-0.15, -0.1) is 0 Å². The molecule has 0 aliphatic rings. The summed E-state index contributed by atoms with van der Waals surface area (Å²) >= 11 is 0. The molecule has 2 rings (SSSR count). The van der Waals surface area contributed by atoms with E-state index in [0.29, 0.717) is 6.54 Å². The lowest BCUT2D eigenvalue weighted by Crippen LogP contribution is -2.18. The number of nitrogens with one attached hydrogen (secondary N) is 1. The average molecular weight is 237 g/mol. The Labute approximate surface area is 107 Å². The Hall–Kier alpha value is -2.18. The highest BCUT2D eigenvalue weighted by Gasteiger charge is 2.06. The van der Waals surface area contributed by atoms with E-state index >= 15 is 0 Å². The number of rotatable bonds is 4. The van der Waals surface area contributed by atoms with Crippen LogP contribution in [0.2, 0.25) is 0 Å². The summed E-state index contributed by atoms with van der Waals surface area (Å²) in [6.45, 7) is 2.79. The van der Waals surface area contributed by atoms with E-state index in [0.717, 1.165) is 11.1 Å². The zero-order valence-electron chi connectivity index (χ0n) is 10.3. The van der Waals surface area contributed by atoms with E-state index in [2.05, 4.69) is 23.3 Å². The van der Waals surface area contributed by atoms with E-state index < -0.39 is 0 Å². The standard InChI is InChI=1S/C15H15N3/c1-12(13-6-8-17-9-7-13)18-11-15-5-3-2-4-14(15)10-16/h2-9,12,18H,11H2,1H3/t12-/m1/s1. The Morgan fingerprint density at radius 3 is 2.67 bits per heavy atom. The average Bonchev–Trinajstić information content (AvgIpc) is 2.46. The smallest absolute Gasteiger partial charge is 0.0995 e. The largest absolute Gasteiger partial charge is 0.306 e. The molecule has 0 radical (unpaired) electrons. The van der Waals surface area contributed by atoms with E-state index in [1.165, 1.54) is 5.56 Å². The van der Waals surface area contributed by atoms with E-state index in [9.17, 15) is 0 Å². The van der Waals surface area contributed by atoms with Gasteiger partial charge in [-0.2, -0.15) is 5.26 Å². The normalized spacial score (nSPS) is 11.8. The van der Waals surface area contributed by atoms with Gasteiger partial charge in [0.25, 0.3) is 0 Å². The van der Waals surface area contributed by atoms with Gasteiger partial charge in [0.1, 0.15) is 0 Å². The molecule has 1 heterocycles. The van der Waals surface area contributed by atoms with Crippen LogP contribution in [0.1, 0.15) is 29.7 Å². The third-order valence-corrected chi connectivity index (χ3v) is 2.94. The van der Waals surface area contributed by atoms with Crippen molar-refractivity contribution in [2.24, 2.45) is 0 Å². The van der Waals surface area contributed by atoms with Crippen LogP contribution in [-0.4, -0.2) is 4.98 Å². The molecule has 3 nitrogen and oxygen atoms in total. The van der Waals surface area contributed by atoms with Crippen LogP contribution >= 0.6 is 0 Å². The van der Waals surface area contributed by atoms with Crippen molar-refractivity contribution in [3.8, 4) is 6.07 Å². The second-order valence-corrected chi connectivity index (χ2v) is 4.15. The fourth-order valence-electron chi connectivity index (χ4n) is 1.82. The van der Waals surface area contributed by atoms with Crippen LogP contribution in [0.15, 0.2) is 48.8 Å². The summed E-state index contributed by atoms with van der Waals surface area (Å²) in [7, 11) is 0. The van der Waals surface area contributed by atoms with Crippen LogP contribution in [-0.2, 0) is 6.54 Å². The topological polar surface area (TPSA) is 48.7 Å². The van der Waals surface area contributed by atoms with Gasteiger partial charge in [-0.3, -0.25) is 4.98 Å². The van der Waals surface area contributed by atoms with Gasteiger partial charge in [-0.05, 0) is 36.2 Å². The lowest BCUT2D eigenvalue weighted by molar-refractivity contribution is 0.573. The molecule has 90 valence electrons. The molecule has 3 heteroatoms. The molecule has 1 aromatic carbocycles. The van der Waals surface area contributed by atoms with Gasteiger partial charge in [-0.1, -0.05) is 18.2 Å². The molecule has 0 aliphatic carbocycles. The van der Waals surface area contributed by atoms with Gasteiger partial charge in [0.05, 0.1) is 11.6 Å². The number of nitrogens with zero attached hydrogens (tertiary/aromatic N) is 2. The zero-order valence-corrected chi connectivity index (χ0v) is 10.3. The van der Waals surface area contributed by atoms with Gasteiger partial charge in [-0.25, -0.2) is 0 Å². The quantitative estimate of drug-likeness (QED) is 0.889. The van der Waals surface area contributed by atoms with E-state index in [1.807, 2.05) is 36.4 Å². The minimum Gasteiger partial charge on any atom is -0.306 e. The highest BCUT2D eigenvalue weighted by atomic mass is 14.9. The highest BCUT2D eigenvalue weighted by molar-refractivity contribution is 5.37. The molecule has 0 bridgehead atoms. The summed E-state index contributed by atoms with van der Waals surface area (Å²) in [5.41, 5.74) is 2.95. The number of pyridine rings is 1. The predicted molar refractivity (Wildman–Crippen MR) is 70.6 cm³/mol. The van der Waals surface area contributed by atoms with Crippen LogP contribution in [0.4, 0.5) is 0 Å². The molecule has 0 aliphatic heterocycles. The molecular formula is C15H15N3. The van der Waals surface area contributed by atoms with Gasteiger partial charge < -0.3 is 5.32 Å². The van der Waals surface area contributed by atoms with Crippen LogP contribution in [0, 0.1) is 11.3 Å². The molecular weight excluding hydrogens is 222 g/mol. The summed E-state index contributed by atoms with van der Waals surface area (Å²) < 4.78 is 0. The van der Waals surface area contributed by atoms with Crippen molar-refractivity contribution in [2.75, 3.05) is 0 Å². The van der Waals surface area contributed by atoms with Crippen LogP contribution < -0.4 is 5.32 Å². The van der Waals surface area contributed by atoms with E-state index in [1.54, 1.807) is 12.4 Å². The maximum atomic E-state index is 9.01. The maximum absolute atomic E-state index is 9.01. The van der Waals surface area contributed by atoms with Crippen molar-refractivity contribution < 1.29 is 0 Å². The number of hydrogen-bond acceptors (Lipinski definition) is 3. The Balaban J connectivity index is 2.02. The molecule has 0 amide bonds. The Kier molecular flexibility index (Phi) is 4.06. The number of hydrogen-bond donors (Lipinski definition) is 1. The van der Waals surface area contributed by atoms with Gasteiger partial charge in [0, 0.05) is 25.0 Å². The predicted octanol–water partition coefficient (Wildman–Crippen LogP) is 2.80. The molecule has 2 aromatic rings. The Morgan fingerprint density at radius 2 is 1.94 bits per heavy atom. The molecule has 0 unspecified atom stereocenters. The third kappa shape index (κ3) is 2.93. The first-order valence-electron chi connectivity index (χ1n) is 5.92. The summed E-state index contributed by atoms with van der Waals surface area (Å²) in [6, 6.07) is 14.1. The van der Waals surface area contributed by atoms with Crippen molar-refractivity contribution in [3.05, 3.63) is 65.5 Å². The molecule has 0 saturated carbocycles. The first-order chi connectivity index (χ1) is 8.81. The second kappa shape index (κ2) is 5.95. The van der Waals surface area contributed by atoms with E-state index in [4.69, 9.17) is 5.26 Å². The number of benzene rings is 1. The lowest BCUT2D eigenvalue weighted by atomic mass is 10.1. The molecule has 0 saturated heterocycles. The molecule has 1 atom stereocenters. The summed E-state index contributed by atoms with van der Waals surface area (Å²) in [4.78, 5) is 4.00. The van der Waals surface area contributed by atoms with Crippen molar-refractivity contribution >= 4 is 0 Å². The molecule has 1 aromatic heterocycles. The third-order valence-electron chi connectivity index (χ3n) is 2.94. The van der Waals surface area contributed by atoms with Gasteiger partial charge in [0.15, 0.2) is 0 Å². The molecule has 0 spiro atoms. The summed E-state index contributed by atoms with van der Waals surface area (Å²) in [5.74, 6) is 0. The Bertz CT molecular complexity index is 543. The van der Waals surface area contributed by atoms with Crippen molar-refractivity contribution in [2.45, 2.75) is 19.5 Å². The monoisotopic (exact) mass is 237 g/mol. The molecule has 1 N–H and O–H groups in total. The first kappa shape index (κ1) is 12.3. The van der Waals surface area contributed by atoms with Gasteiger partial charge in [0.2, 0.25) is 0 Å². The van der Waals surface area contributed by atoms with Gasteiger partial charge >= 0.3 is 0 Å². The lowest BCUT2D eigenvalue weighted by Gasteiger charge is -2.14. The van der Waals surface area contributed by atoms with Crippen LogP contribution in [0.3, 0.4) is 0 Å². The second-order valence-electron chi connectivity index (χ2n) is 4.15. The SMILES string of the molecule is C[C@@H](NCc1ccccc1C#N)c1ccncc1. The molecule has 18 heavy (non-hydrogen) atoms. The van der Waals surface area contributed by atoms with E-state index in [-0.39, 0.29) is 6.04 Å². The maximum Gasteiger partial charge on any atom is 0.0995 e.